The minimum atomic E-state index is -3.52. The van der Waals surface area contributed by atoms with E-state index < -0.39 is 9.84 Å². The number of carbonyl (C=O) groups excluding carboxylic acids is 1. The lowest BCUT2D eigenvalue weighted by Crippen LogP contribution is -2.37. The van der Waals surface area contributed by atoms with Gasteiger partial charge in [-0.3, -0.25) is 4.79 Å². The Hall–Kier alpha value is -2.97. The van der Waals surface area contributed by atoms with Crippen molar-refractivity contribution in [3.05, 3.63) is 83.3 Å². The number of carbonyl (C=O) groups is 1. The van der Waals surface area contributed by atoms with E-state index in [0.717, 1.165) is 23.4 Å². The monoisotopic (exact) mass is 466 g/mol. The molecule has 2 aromatic carbocycles. The van der Waals surface area contributed by atoms with Crippen LogP contribution in [0.15, 0.2) is 76.0 Å². The maximum Gasteiger partial charge on any atom is 0.289 e. The zero-order chi connectivity index (χ0) is 22.1. The fourth-order valence-corrected chi connectivity index (χ4v) is 6.42. The minimum Gasteiger partial charge on any atom is -0.455 e. The fraction of sp³-hybridized carbons (Fsp3) is 0.250. The smallest absolute Gasteiger partial charge is 0.289 e. The first-order valence-electron chi connectivity index (χ1n) is 10.5. The van der Waals surface area contributed by atoms with Crippen LogP contribution >= 0.6 is 11.3 Å². The molecule has 0 unspecified atom stereocenters. The second kappa shape index (κ2) is 8.52. The van der Waals surface area contributed by atoms with Crippen LogP contribution in [0.2, 0.25) is 0 Å². The molecule has 32 heavy (non-hydrogen) atoms. The zero-order valence-corrected chi connectivity index (χ0v) is 18.9. The zero-order valence-electron chi connectivity index (χ0n) is 17.3. The molecule has 5 rings (SSSR count). The number of hydrogen-bond acceptors (Lipinski definition) is 6. The maximum atomic E-state index is 12.9. The van der Waals surface area contributed by atoms with Crippen LogP contribution in [0.4, 0.5) is 0 Å². The Morgan fingerprint density at radius 1 is 1.00 bits per heavy atom. The number of piperidine rings is 1. The van der Waals surface area contributed by atoms with Gasteiger partial charge in [0, 0.05) is 19.0 Å². The average molecular weight is 467 g/mol. The van der Waals surface area contributed by atoms with Gasteiger partial charge in [0.25, 0.3) is 5.91 Å². The Morgan fingerprint density at radius 3 is 2.47 bits per heavy atom. The summed E-state index contributed by atoms with van der Waals surface area (Å²) in [5.41, 5.74) is 1.03. The number of sulfone groups is 1. The summed E-state index contributed by atoms with van der Waals surface area (Å²) in [6, 6.07) is 19.5. The largest absolute Gasteiger partial charge is 0.455 e. The Balaban J connectivity index is 1.23. The number of fused-ring (bicyclic) bond motifs is 1. The molecule has 1 saturated heterocycles. The van der Waals surface area contributed by atoms with Crippen molar-refractivity contribution < 1.29 is 17.6 Å². The number of amides is 1. The van der Waals surface area contributed by atoms with Gasteiger partial charge in [-0.15, -0.1) is 11.3 Å². The van der Waals surface area contributed by atoms with E-state index in [1.807, 2.05) is 18.2 Å². The van der Waals surface area contributed by atoms with Crippen molar-refractivity contribution in [2.45, 2.75) is 29.4 Å². The topological polar surface area (TPSA) is 80.5 Å². The summed E-state index contributed by atoms with van der Waals surface area (Å²) in [5, 5.41) is 1.13. The number of nitrogens with zero attached hydrogens (tertiary/aromatic N) is 2. The van der Waals surface area contributed by atoms with Gasteiger partial charge in [-0.1, -0.05) is 30.3 Å². The highest BCUT2D eigenvalue weighted by Gasteiger charge is 2.28. The molecule has 1 aliphatic heterocycles. The van der Waals surface area contributed by atoms with Crippen molar-refractivity contribution in [1.82, 2.24) is 9.88 Å². The molecular formula is C24H22N2O4S2. The van der Waals surface area contributed by atoms with E-state index in [0.29, 0.717) is 19.0 Å². The second-order valence-corrected chi connectivity index (χ2v) is 11.0. The molecule has 4 aromatic rings. The van der Waals surface area contributed by atoms with Crippen molar-refractivity contribution in [3.63, 3.8) is 0 Å². The van der Waals surface area contributed by atoms with Crippen LogP contribution in [0, 0.1) is 0 Å². The molecule has 0 atom stereocenters. The SMILES string of the molecule is O=C(c1ccc(CS(=O)(=O)c2ccccc2)o1)N1CCC(c2nc3ccccc3s2)CC1. The predicted octanol–water partition coefficient (Wildman–Crippen LogP) is 4.88. The molecule has 1 aliphatic rings. The molecule has 0 bridgehead atoms. The number of furan rings is 1. The van der Waals surface area contributed by atoms with E-state index in [4.69, 9.17) is 9.40 Å². The van der Waals surface area contributed by atoms with Gasteiger partial charge in [0.15, 0.2) is 15.6 Å². The van der Waals surface area contributed by atoms with Crippen molar-refractivity contribution in [2.75, 3.05) is 13.1 Å². The van der Waals surface area contributed by atoms with Gasteiger partial charge in [0.1, 0.15) is 11.5 Å². The van der Waals surface area contributed by atoms with E-state index in [9.17, 15) is 13.2 Å². The number of rotatable bonds is 5. The summed E-state index contributed by atoms with van der Waals surface area (Å²) in [6.45, 7) is 1.25. The summed E-state index contributed by atoms with van der Waals surface area (Å²) in [7, 11) is -3.52. The molecule has 2 aromatic heterocycles. The Labute approximate surface area is 190 Å². The highest BCUT2D eigenvalue weighted by molar-refractivity contribution is 7.90. The van der Waals surface area contributed by atoms with Crippen LogP contribution in [-0.2, 0) is 15.6 Å². The van der Waals surface area contributed by atoms with Gasteiger partial charge < -0.3 is 9.32 Å². The van der Waals surface area contributed by atoms with E-state index >= 15 is 0 Å². The van der Waals surface area contributed by atoms with Crippen LogP contribution in [0.25, 0.3) is 10.2 Å². The van der Waals surface area contributed by atoms with E-state index in [2.05, 4.69) is 6.07 Å². The summed E-state index contributed by atoms with van der Waals surface area (Å²) in [4.78, 5) is 19.7. The third-order valence-corrected chi connectivity index (χ3v) is 8.60. The van der Waals surface area contributed by atoms with Crippen LogP contribution in [-0.4, -0.2) is 37.3 Å². The second-order valence-electron chi connectivity index (χ2n) is 7.92. The lowest BCUT2D eigenvalue weighted by Gasteiger charge is -2.30. The van der Waals surface area contributed by atoms with Crippen LogP contribution in [0.3, 0.4) is 0 Å². The van der Waals surface area contributed by atoms with Gasteiger partial charge in [0.2, 0.25) is 0 Å². The average Bonchev–Trinajstić information content (AvgIpc) is 3.46. The first kappa shape index (κ1) is 20.9. The quantitative estimate of drug-likeness (QED) is 0.419. The molecule has 0 N–H and O–H groups in total. The number of hydrogen-bond donors (Lipinski definition) is 0. The lowest BCUT2D eigenvalue weighted by molar-refractivity contribution is 0.0679. The highest BCUT2D eigenvalue weighted by Crippen LogP contribution is 2.34. The number of likely N-dealkylation sites (tertiary alicyclic amines) is 1. The van der Waals surface area contributed by atoms with Gasteiger partial charge in [0.05, 0.1) is 20.1 Å². The van der Waals surface area contributed by atoms with Gasteiger partial charge in [-0.05, 0) is 49.2 Å². The molecule has 6 nitrogen and oxygen atoms in total. The molecule has 0 spiro atoms. The van der Waals surface area contributed by atoms with E-state index in [-0.39, 0.29) is 28.1 Å². The van der Waals surface area contributed by atoms with Crippen molar-refractivity contribution in [2.24, 2.45) is 0 Å². The summed E-state index contributed by atoms with van der Waals surface area (Å²) >= 11 is 1.73. The van der Waals surface area contributed by atoms with Gasteiger partial charge in [-0.2, -0.15) is 0 Å². The molecule has 0 aliphatic carbocycles. The fourth-order valence-electron chi connectivity index (χ4n) is 4.02. The maximum absolute atomic E-state index is 12.9. The third kappa shape index (κ3) is 4.20. The number of thiazole rings is 1. The Morgan fingerprint density at radius 2 is 1.72 bits per heavy atom. The predicted molar refractivity (Wildman–Crippen MR) is 124 cm³/mol. The van der Waals surface area contributed by atoms with Crippen molar-refractivity contribution in [1.29, 1.82) is 0 Å². The van der Waals surface area contributed by atoms with Crippen molar-refractivity contribution in [3.8, 4) is 0 Å². The molecule has 1 amide bonds. The molecule has 0 saturated carbocycles. The third-order valence-electron chi connectivity index (χ3n) is 5.75. The summed E-state index contributed by atoms with van der Waals surface area (Å²) in [6.07, 6.45) is 1.70. The first-order chi connectivity index (χ1) is 15.5. The Bertz CT molecular complexity index is 1320. The van der Waals surface area contributed by atoms with Gasteiger partial charge in [-0.25, -0.2) is 13.4 Å². The lowest BCUT2D eigenvalue weighted by atomic mass is 9.97. The molecule has 3 heterocycles. The highest BCUT2D eigenvalue weighted by atomic mass is 32.2. The molecule has 164 valence electrons. The number of benzene rings is 2. The van der Waals surface area contributed by atoms with Crippen molar-refractivity contribution >= 4 is 37.3 Å². The molecule has 8 heteroatoms. The minimum absolute atomic E-state index is 0.182. The van der Waals surface area contributed by atoms with Crippen LogP contribution in [0.1, 0.15) is 40.1 Å². The molecule has 1 fully saturated rings. The summed E-state index contributed by atoms with van der Waals surface area (Å²) < 4.78 is 31.9. The van der Waals surface area contributed by atoms with E-state index in [1.165, 1.54) is 4.70 Å². The van der Waals surface area contributed by atoms with Crippen LogP contribution < -0.4 is 0 Å². The standard InChI is InChI=1S/C24H22N2O4S2/c27-24(21-11-10-18(30-21)16-32(28,29)19-6-2-1-3-7-19)26-14-12-17(13-15-26)23-25-20-8-4-5-9-22(20)31-23/h1-11,17H,12-16H2. The molecule has 0 radical (unpaired) electrons. The number of para-hydroxylation sites is 1. The normalized spacial score (nSPS) is 15.3. The van der Waals surface area contributed by atoms with E-state index in [1.54, 1.807) is 58.7 Å². The first-order valence-corrected chi connectivity index (χ1v) is 13.0. The Kier molecular flexibility index (Phi) is 5.57. The van der Waals surface area contributed by atoms with Crippen LogP contribution in [0.5, 0.6) is 0 Å². The number of aromatic nitrogens is 1. The molecular weight excluding hydrogens is 444 g/mol. The summed E-state index contributed by atoms with van der Waals surface area (Å²) in [5.74, 6) is 0.322. The van der Waals surface area contributed by atoms with Gasteiger partial charge >= 0.3 is 0 Å².